The second-order valence-corrected chi connectivity index (χ2v) is 7.83. The Morgan fingerprint density at radius 2 is 2.00 bits per heavy atom. The highest BCUT2D eigenvalue weighted by molar-refractivity contribution is 5.86. The first-order valence-corrected chi connectivity index (χ1v) is 9.28. The molecular formula is C20H22F3N3O. The summed E-state index contributed by atoms with van der Waals surface area (Å²) in [6, 6.07) is 5.67. The van der Waals surface area contributed by atoms with E-state index in [0.29, 0.717) is 17.8 Å². The molecule has 1 aliphatic heterocycles. The number of piperidine rings is 1. The minimum Gasteiger partial charge on any atom is -0.351 e. The standard InChI is InChI=1S/C20H22F3N3O/c1-11-9-13(10-26(19(24)27)18(11)12-4-5-12)14-6-7-16(20(21,22)23)17-15(14)3-2-8-25-17/h2-3,6-8,11-13,18H,4-5,9-10H2,1H3,(H2,24,27). The molecule has 2 heterocycles. The van der Waals surface area contributed by atoms with Crippen LogP contribution in [0, 0.1) is 11.8 Å². The number of likely N-dealkylation sites (tertiary alicyclic amines) is 1. The van der Waals surface area contributed by atoms with Crippen molar-refractivity contribution in [3.05, 3.63) is 41.6 Å². The zero-order valence-corrected chi connectivity index (χ0v) is 15.0. The first-order valence-electron chi connectivity index (χ1n) is 9.28. The normalized spacial score (nSPS) is 26.4. The molecule has 7 heteroatoms. The summed E-state index contributed by atoms with van der Waals surface area (Å²) in [4.78, 5) is 17.8. The van der Waals surface area contributed by atoms with Crippen LogP contribution in [0.15, 0.2) is 30.5 Å². The van der Waals surface area contributed by atoms with E-state index < -0.39 is 17.8 Å². The topological polar surface area (TPSA) is 59.2 Å². The fourth-order valence-corrected chi connectivity index (χ4v) is 4.73. The Hall–Kier alpha value is -2.31. The van der Waals surface area contributed by atoms with Crippen LogP contribution in [0.4, 0.5) is 18.0 Å². The highest BCUT2D eigenvalue weighted by atomic mass is 19.4. The molecule has 2 N–H and O–H groups in total. The number of benzene rings is 1. The molecule has 144 valence electrons. The summed E-state index contributed by atoms with van der Waals surface area (Å²) in [7, 11) is 0. The van der Waals surface area contributed by atoms with Crippen LogP contribution in [0.3, 0.4) is 0 Å². The number of amides is 2. The van der Waals surface area contributed by atoms with Crippen LogP contribution in [0.2, 0.25) is 0 Å². The van der Waals surface area contributed by atoms with E-state index in [9.17, 15) is 18.0 Å². The predicted octanol–water partition coefficient (Wildman–Crippen LogP) is 4.54. The number of hydrogen-bond donors (Lipinski definition) is 1. The lowest BCUT2D eigenvalue weighted by molar-refractivity contribution is -0.136. The van der Waals surface area contributed by atoms with Gasteiger partial charge < -0.3 is 10.6 Å². The van der Waals surface area contributed by atoms with Crippen LogP contribution in [0.1, 0.15) is 43.2 Å². The number of nitrogens with zero attached hydrogens (tertiary/aromatic N) is 2. The van der Waals surface area contributed by atoms with Gasteiger partial charge in [0.2, 0.25) is 0 Å². The molecule has 1 aromatic carbocycles. The van der Waals surface area contributed by atoms with Crippen molar-refractivity contribution in [3.8, 4) is 0 Å². The average molecular weight is 377 g/mol. The number of rotatable bonds is 2. The number of urea groups is 1. The highest BCUT2D eigenvalue weighted by Crippen LogP contribution is 2.46. The Morgan fingerprint density at radius 3 is 2.63 bits per heavy atom. The third kappa shape index (κ3) is 3.24. The largest absolute Gasteiger partial charge is 0.418 e. The summed E-state index contributed by atoms with van der Waals surface area (Å²) in [6.07, 6.45) is -0.0432. The molecule has 27 heavy (non-hydrogen) atoms. The van der Waals surface area contributed by atoms with Crippen molar-refractivity contribution in [3.63, 3.8) is 0 Å². The number of carbonyl (C=O) groups is 1. The van der Waals surface area contributed by atoms with E-state index in [1.54, 1.807) is 23.1 Å². The van der Waals surface area contributed by atoms with E-state index in [1.165, 1.54) is 6.20 Å². The minimum absolute atomic E-state index is 0.0369. The van der Waals surface area contributed by atoms with Gasteiger partial charge >= 0.3 is 12.2 Å². The molecule has 3 unspecified atom stereocenters. The quantitative estimate of drug-likeness (QED) is 0.836. The van der Waals surface area contributed by atoms with Crippen molar-refractivity contribution in [2.75, 3.05) is 6.54 Å². The molecule has 1 aliphatic carbocycles. The molecule has 1 saturated heterocycles. The maximum absolute atomic E-state index is 13.4. The van der Waals surface area contributed by atoms with Gasteiger partial charge in [-0.1, -0.05) is 19.1 Å². The van der Waals surface area contributed by atoms with Gasteiger partial charge in [-0.3, -0.25) is 4.98 Å². The first kappa shape index (κ1) is 18.1. The van der Waals surface area contributed by atoms with E-state index in [-0.39, 0.29) is 23.4 Å². The number of hydrogen-bond acceptors (Lipinski definition) is 2. The molecule has 2 fully saturated rings. The van der Waals surface area contributed by atoms with E-state index in [0.717, 1.165) is 30.9 Å². The molecule has 2 aromatic rings. The van der Waals surface area contributed by atoms with Gasteiger partial charge in [-0.2, -0.15) is 13.2 Å². The van der Waals surface area contributed by atoms with Crippen LogP contribution >= 0.6 is 0 Å². The van der Waals surface area contributed by atoms with Crippen LogP contribution in [0.5, 0.6) is 0 Å². The van der Waals surface area contributed by atoms with Gasteiger partial charge in [0.1, 0.15) is 0 Å². The van der Waals surface area contributed by atoms with Gasteiger partial charge in [-0.25, -0.2) is 4.79 Å². The third-order valence-corrected chi connectivity index (χ3v) is 5.95. The second-order valence-electron chi connectivity index (χ2n) is 7.83. The van der Waals surface area contributed by atoms with Crippen LogP contribution < -0.4 is 5.73 Å². The number of fused-ring (bicyclic) bond motifs is 1. The van der Waals surface area contributed by atoms with Gasteiger partial charge in [0, 0.05) is 30.1 Å². The molecule has 3 atom stereocenters. The number of carbonyl (C=O) groups excluding carboxylic acids is 1. The number of nitrogens with two attached hydrogens (primary N) is 1. The Morgan fingerprint density at radius 1 is 1.26 bits per heavy atom. The van der Waals surface area contributed by atoms with Crippen molar-refractivity contribution in [2.45, 2.75) is 44.3 Å². The smallest absolute Gasteiger partial charge is 0.351 e. The molecule has 4 nitrogen and oxygen atoms in total. The zero-order valence-electron chi connectivity index (χ0n) is 15.0. The third-order valence-electron chi connectivity index (χ3n) is 5.95. The lowest BCUT2D eigenvalue weighted by Crippen LogP contribution is -2.53. The molecule has 4 rings (SSSR count). The molecule has 0 bridgehead atoms. The summed E-state index contributed by atoms with van der Waals surface area (Å²) in [5, 5.41) is 0.499. The molecule has 2 amide bonds. The Balaban J connectivity index is 1.75. The fourth-order valence-electron chi connectivity index (χ4n) is 4.73. The number of aromatic nitrogens is 1. The van der Waals surface area contributed by atoms with Gasteiger partial charge in [-0.05, 0) is 48.8 Å². The van der Waals surface area contributed by atoms with Crippen LogP contribution in [-0.2, 0) is 6.18 Å². The lowest BCUT2D eigenvalue weighted by Gasteiger charge is -2.43. The number of halogens is 3. The van der Waals surface area contributed by atoms with Crippen molar-refractivity contribution in [1.29, 1.82) is 0 Å². The second kappa shape index (κ2) is 6.39. The number of primary amides is 1. The number of alkyl halides is 3. The summed E-state index contributed by atoms with van der Waals surface area (Å²) >= 11 is 0. The number of pyridine rings is 1. The Labute approximate surface area is 155 Å². The van der Waals surface area contributed by atoms with E-state index in [1.807, 2.05) is 0 Å². The molecule has 2 aliphatic rings. The fraction of sp³-hybridized carbons (Fsp3) is 0.500. The van der Waals surface area contributed by atoms with Gasteiger partial charge in [0.05, 0.1) is 11.1 Å². The molecule has 0 spiro atoms. The van der Waals surface area contributed by atoms with Gasteiger partial charge in [-0.15, -0.1) is 0 Å². The maximum atomic E-state index is 13.4. The molecule has 0 radical (unpaired) electrons. The SMILES string of the molecule is CC1CC(c2ccc(C(F)(F)F)c3ncccc23)CN(C(N)=O)C1C1CC1. The maximum Gasteiger partial charge on any atom is 0.418 e. The van der Waals surface area contributed by atoms with E-state index in [4.69, 9.17) is 5.73 Å². The predicted molar refractivity (Wildman–Crippen MR) is 96.1 cm³/mol. The van der Waals surface area contributed by atoms with Crippen LogP contribution in [0.25, 0.3) is 10.9 Å². The van der Waals surface area contributed by atoms with Crippen molar-refractivity contribution < 1.29 is 18.0 Å². The summed E-state index contributed by atoms with van der Waals surface area (Å²) in [5.41, 5.74) is 5.68. The van der Waals surface area contributed by atoms with Gasteiger partial charge in [0.15, 0.2) is 0 Å². The van der Waals surface area contributed by atoms with Crippen LogP contribution in [-0.4, -0.2) is 28.5 Å². The first-order chi connectivity index (χ1) is 12.8. The molecule has 1 aromatic heterocycles. The Kier molecular flexibility index (Phi) is 4.28. The minimum atomic E-state index is -4.46. The zero-order chi connectivity index (χ0) is 19.3. The summed E-state index contributed by atoms with van der Waals surface area (Å²) in [6.45, 7) is 2.55. The van der Waals surface area contributed by atoms with Crippen molar-refractivity contribution in [1.82, 2.24) is 9.88 Å². The average Bonchev–Trinajstić information content (AvgIpc) is 3.43. The summed E-state index contributed by atoms with van der Waals surface area (Å²) < 4.78 is 40.1. The summed E-state index contributed by atoms with van der Waals surface area (Å²) in [5.74, 6) is 0.689. The van der Waals surface area contributed by atoms with Crippen molar-refractivity contribution in [2.24, 2.45) is 17.6 Å². The lowest BCUT2D eigenvalue weighted by atomic mass is 9.78. The molecular weight excluding hydrogens is 355 g/mol. The van der Waals surface area contributed by atoms with Crippen molar-refractivity contribution >= 4 is 16.9 Å². The van der Waals surface area contributed by atoms with E-state index >= 15 is 0 Å². The monoisotopic (exact) mass is 377 g/mol. The van der Waals surface area contributed by atoms with E-state index in [2.05, 4.69) is 11.9 Å². The molecule has 1 saturated carbocycles. The highest BCUT2D eigenvalue weighted by Gasteiger charge is 2.45. The Bertz CT molecular complexity index is 878. The van der Waals surface area contributed by atoms with Gasteiger partial charge in [0.25, 0.3) is 0 Å².